The molecule has 2 saturated heterocycles. The zero-order valence-corrected chi connectivity index (χ0v) is 13.6. The second kappa shape index (κ2) is 6.92. The average molecular weight is 320 g/mol. The van der Waals surface area contributed by atoms with Gasteiger partial charge in [-0.1, -0.05) is 18.2 Å². The summed E-state index contributed by atoms with van der Waals surface area (Å²) in [5.74, 6) is 1.72. The molecular weight excluding hydrogens is 296 g/mol. The molecule has 0 unspecified atom stereocenters. The number of piperidine rings is 1. The summed E-state index contributed by atoms with van der Waals surface area (Å²) in [6.45, 7) is 1.47. The molecule has 2 heterocycles. The van der Waals surface area contributed by atoms with Crippen LogP contribution in [0, 0.1) is 0 Å². The van der Waals surface area contributed by atoms with E-state index in [1.165, 1.54) is 0 Å². The monoisotopic (exact) mass is 320 g/mol. The van der Waals surface area contributed by atoms with E-state index in [0.717, 1.165) is 43.1 Å². The first kappa shape index (κ1) is 15.7. The summed E-state index contributed by atoms with van der Waals surface area (Å²) in [5, 5.41) is 14.1. The van der Waals surface area contributed by atoms with E-state index in [-0.39, 0.29) is 5.91 Å². The van der Waals surface area contributed by atoms with Gasteiger partial charge in [0.25, 0.3) is 5.91 Å². The van der Waals surface area contributed by atoms with Crippen LogP contribution in [0.3, 0.4) is 0 Å². The number of benzene rings is 1. The zero-order chi connectivity index (χ0) is 15.4. The van der Waals surface area contributed by atoms with Gasteiger partial charge in [-0.2, -0.15) is 11.8 Å². The van der Waals surface area contributed by atoms with Gasteiger partial charge < -0.3 is 15.3 Å². The summed E-state index contributed by atoms with van der Waals surface area (Å²) in [5.41, 5.74) is 0.0282. The van der Waals surface area contributed by atoms with Crippen molar-refractivity contribution in [2.45, 2.75) is 37.3 Å². The van der Waals surface area contributed by atoms with Crippen LogP contribution >= 0.6 is 11.8 Å². The Morgan fingerprint density at radius 3 is 2.45 bits per heavy atom. The standard InChI is InChI=1S/C17H24N2O2S/c20-16(17(21)8-12-22-13-9-17)19-10-6-15(7-11-19)18-14-4-2-1-3-5-14/h1-5,15,18,21H,6-13H2. The number of carbonyl (C=O) groups is 1. The Balaban J connectivity index is 1.52. The summed E-state index contributed by atoms with van der Waals surface area (Å²) >= 11 is 1.82. The number of carbonyl (C=O) groups excluding carboxylic acids is 1. The molecule has 2 aliphatic rings. The first-order valence-electron chi connectivity index (χ1n) is 8.08. The smallest absolute Gasteiger partial charge is 0.254 e. The molecule has 1 amide bonds. The molecule has 2 aliphatic heterocycles. The molecule has 4 nitrogen and oxygen atoms in total. The van der Waals surface area contributed by atoms with Crippen LogP contribution in [0.25, 0.3) is 0 Å². The number of rotatable bonds is 3. The van der Waals surface area contributed by atoms with Gasteiger partial charge in [0.2, 0.25) is 0 Å². The SMILES string of the molecule is O=C(N1CCC(Nc2ccccc2)CC1)C1(O)CCSCC1. The molecule has 5 heteroatoms. The quantitative estimate of drug-likeness (QED) is 0.898. The van der Waals surface area contributed by atoms with Crippen LogP contribution in [0.15, 0.2) is 30.3 Å². The molecular formula is C17H24N2O2S. The zero-order valence-electron chi connectivity index (χ0n) is 12.8. The van der Waals surface area contributed by atoms with Crippen LogP contribution in [-0.4, -0.2) is 52.2 Å². The highest BCUT2D eigenvalue weighted by molar-refractivity contribution is 7.99. The number of likely N-dealkylation sites (tertiary alicyclic amines) is 1. The number of hydrogen-bond acceptors (Lipinski definition) is 4. The summed E-state index contributed by atoms with van der Waals surface area (Å²) in [7, 11) is 0. The summed E-state index contributed by atoms with van der Waals surface area (Å²) < 4.78 is 0. The molecule has 1 aromatic carbocycles. The minimum atomic E-state index is -1.11. The van der Waals surface area contributed by atoms with E-state index >= 15 is 0 Å². The van der Waals surface area contributed by atoms with Crippen molar-refractivity contribution < 1.29 is 9.90 Å². The van der Waals surface area contributed by atoms with Crippen LogP contribution in [-0.2, 0) is 4.79 Å². The van der Waals surface area contributed by atoms with Crippen molar-refractivity contribution >= 4 is 23.4 Å². The third kappa shape index (κ3) is 3.58. The summed E-state index contributed by atoms with van der Waals surface area (Å²) in [6, 6.07) is 10.6. The molecule has 0 radical (unpaired) electrons. The fourth-order valence-electron chi connectivity index (χ4n) is 3.21. The van der Waals surface area contributed by atoms with E-state index in [1.54, 1.807) is 0 Å². The summed E-state index contributed by atoms with van der Waals surface area (Å²) in [4.78, 5) is 14.4. The Morgan fingerprint density at radius 1 is 1.18 bits per heavy atom. The molecule has 120 valence electrons. The first-order chi connectivity index (χ1) is 10.7. The summed E-state index contributed by atoms with van der Waals surface area (Å²) in [6.07, 6.45) is 3.06. The van der Waals surface area contributed by atoms with E-state index in [2.05, 4.69) is 17.4 Å². The number of nitrogens with one attached hydrogen (secondary N) is 1. The van der Waals surface area contributed by atoms with Gasteiger partial charge in [-0.05, 0) is 49.3 Å². The molecule has 0 bridgehead atoms. The van der Waals surface area contributed by atoms with E-state index in [4.69, 9.17) is 0 Å². The third-order valence-electron chi connectivity index (χ3n) is 4.64. The van der Waals surface area contributed by atoms with Gasteiger partial charge in [-0.3, -0.25) is 4.79 Å². The van der Waals surface area contributed by atoms with Crippen molar-refractivity contribution in [1.29, 1.82) is 0 Å². The van der Waals surface area contributed by atoms with Crippen molar-refractivity contribution in [3.63, 3.8) is 0 Å². The maximum atomic E-state index is 12.6. The Bertz CT molecular complexity index is 495. The maximum Gasteiger partial charge on any atom is 0.254 e. The Kier molecular flexibility index (Phi) is 4.93. The molecule has 3 rings (SSSR count). The lowest BCUT2D eigenvalue weighted by atomic mass is 9.93. The van der Waals surface area contributed by atoms with Crippen LogP contribution in [0.2, 0.25) is 0 Å². The minimum Gasteiger partial charge on any atom is -0.382 e. The highest BCUT2D eigenvalue weighted by Crippen LogP contribution is 2.30. The van der Waals surface area contributed by atoms with Gasteiger partial charge in [-0.25, -0.2) is 0 Å². The van der Waals surface area contributed by atoms with E-state index in [1.807, 2.05) is 34.9 Å². The van der Waals surface area contributed by atoms with Crippen LogP contribution in [0.4, 0.5) is 5.69 Å². The molecule has 0 spiro atoms. The lowest BCUT2D eigenvalue weighted by Gasteiger charge is -2.39. The van der Waals surface area contributed by atoms with Crippen molar-refractivity contribution in [3.8, 4) is 0 Å². The van der Waals surface area contributed by atoms with E-state index in [9.17, 15) is 9.90 Å². The predicted octanol–water partition coefficient (Wildman–Crippen LogP) is 2.35. The average Bonchev–Trinajstić information content (AvgIpc) is 2.56. The van der Waals surface area contributed by atoms with Crippen molar-refractivity contribution in [3.05, 3.63) is 30.3 Å². The van der Waals surface area contributed by atoms with Crippen molar-refractivity contribution in [2.24, 2.45) is 0 Å². The highest BCUT2D eigenvalue weighted by atomic mass is 32.2. The molecule has 2 N–H and O–H groups in total. The number of thioether (sulfide) groups is 1. The number of anilines is 1. The van der Waals surface area contributed by atoms with Gasteiger partial charge in [0.15, 0.2) is 0 Å². The third-order valence-corrected chi connectivity index (χ3v) is 5.63. The van der Waals surface area contributed by atoms with Gasteiger partial charge >= 0.3 is 0 Å². The molecule has 0 aliphatic carbocycles. The number of nitrogens with zero attached hydrogens (tertiary/aromatic N) is 1. The van der Waals surface area contributed by atoms with Gasteiger partial charge in [0.1, 0.15) is 5.60 Å². The highest BCUT2D eigenvalue weighted by Gasteiger charge is 2.41. The van der Waals surface area contributed by atoms with Gasteiger partial charge in [-0.15, -0.1) is 0 Å². The van der Waals surface area contributed by atoms with Crippen LogP contribution in [0.1, 0.15) is 25.7 Å². The molecule has 22 heavy (non-hydrogen) atoms. The Labute approximate surface area is 136 Å². The second-order valence-corrected chi connectivity index (χ2v) is 7.45. The predicted molar refractivity (Wildman–Crippen MR) is 91.2 cm³/mol. The maximum absolute atomic E-state index is 12.6. The lowest BCUT2D eigenvalue weighted by Crippen LogP contribution is -2.54. The molecule has 1 aromatic rings. The van der Waals surface area contributed by atoms with Crippen LogP contribution < -0.4 is 5.32 Å². The van der Waals surface area contributed by atoms with Crippen molar-refractivity contribution in [2.75, 3.05) is 29.9 Å². The second-order valence-electron chi connectivity index (χ2n) is 6.22. The Hall–Kier alpha value is -1.20. The van der Waals surface area contributed by atoms with Crippen molar-refractivity contribution in [1.82, 2.24) is 4.90 Å². The lowest BCUT2D eigenvalue weighted by molar-refractivity contribution is -0.153. The first-order valence-corrected chi connectivity index (χ1v) is 9.24. The number of hydrogen-bond donors (Lipinski definition) is 2. The van der Waals surface area contributed by atoms with Gasteiger partial charge in [0, 0.05) is 24.8 Å². The topological polar surface area (TPSA) is 52.6 Å². The van der Waals surface area contributed by atoms with Gasteiger partial charge in [0.05, 0.1) is 0 Å². The largest absolute Gasteiger partial charge is 0.382 e. The normalized spacial score (nSPS) is 22.3. The van der Waals surface area contributed by atoms with Crippen LogP contribution in [0.5, 0.6) is 0 Å². The minimum absolute atomic E-state index is 0.0500. The molecule has 0 atom stereocenters. The van der Waals surface area contributed by atoms with E-state index in [0.29, 0.717) is 18.9 Å². The number of aliphatic hydroxyl groups is 1. The number of amides is 1. The molecule has 0 saturated carbocycles. The molecule has 0 aromatic heterocycles. The number of para-hydroxylation sites is 1. The Morgan fingerprint density at radius 2 is 1.82 bits per heavy atom. The molecule has 2 fully saturated rings. The fourth-order valence-corrected chi connectivity index (χ4v) is 4.38. The fraction of sp³-hybridized carbons (Fsp3) is 0.588. The van der Waals surface area contributed by atoms with E-state index < -0.39 is 5.60 Å².